The molecular formula is C30H59NO2P+. The lowest BCUT2D eigenvalue weighted by atomic mass is 10.0. The first-order valence-corrected chi connectivity index (χ1v) is 15.9. The van der Waals surface area contributed by atoms with Crippen molar-refractivity contribution in [3.05, 3.63) is 24.8 Å². The molecule has 0 fully saturated rings. The molecule has 0 aliphatic heterocycles. The van der Waals surface area contributed by atoms with Crippen molar-refractivity contribution < 1.29 is 13.6 Å². The normalized spacial score (nSPS) is 12.9. The molecule has 0 amide bonds. The summed E-state index contributed by atoms with van der Waals surface area (Å²) in [5, 5.41) is 0. The maximum absolute atomic E-state index is 11.6. The Bertz CT molecular complexity index is 546. The first-order chi connectivity index (χ1) is 16.4. The molecule has 0 aromatic carbocycles. The molecule has 0 aromatic heterocycles. The molecule has 0 bridgehead atoms. The van der Waals surface area contributed by atoms with Crippen LogP contribution in [0, 0.1) is 0 Å². The number of unbranched alkanes of at least 4 members (excludes halogenated alkanes) is 16. The van der Waals surface area contributed by atoms with Gasteiger partial charge in [-0.25, -0.2) is 9.13 Å². The fourth-order valence-electron chi connectivity index (χ4n) is 4.63. The molecule has 0 aliphatic carbocycles. The predicted molar refractivity (Wildman–Crippen MR) is 151 cm³/mol. The zero-order chi connectivity index (χ0) is 25.3. The highest BCUT2D eigenvalue weighted by Gasteiger charge is 2.20. The van der Waals surface area contributed by atoms with Gasteiger partial charge in [0.25, 0.3) is 0 Å². The fourth-order valence-corrected chi connectivity index (χ4v) is 5.35. The molecule has 0 radical (unpaired) electrons. The molecule has 0 rings (SSSR count). The highest BCUT2D eigenvalue weighted by molar-refractivity contribution is 7.31. The Balaban J connectivity index is 3.48. The Morgan fingerprint density at radius 3 is 1.56 bits per heavy atom. The zero-order valence-electron chi connectivity index (χ0n) is 23.3. The first kappa shape index (κ1) is 33.3. The summed E-state index contributed by atoms with van der Waals surface area (Å²) in [7, 11) is 1.98. The van der Waals surface area contributed by atoms with Crippen LogP contribution >= 0.6 is 7.68 Å². The minimum Gasteiger partial charge on any atom is -0.325 e. The fraction of sp³-hybridized carbons (Fsp3) is 0.867. The Morgan fingerprint density at radius 2 is 1.12 bits per heavy atom. The van der Waals surface area contributed by atoms with Crippen LogP contribution < -0.4 is 0 Å². The number of allylic oxidation sites excluding steroid dienone is 2. The zero-order valence-corrected chi connectivity index (χ0v) is 24.2. The number of rotatable bonds is 26. The van der Waals surface area contributed by atoms with Crippen LogP contribution in [-0.4, -0.2) is 37.3 Å². The van der Waals surface area contributed by atoms with E-state index in [4.69, 9.17) is 0 Å². The standard InChI is InChI=1S/C30H59NO2P/c1-5-7-8-9-10-11-12-13-14-15-16-17-18-19-20-21-22-23-24-25-26-30(34(32)33)27-29-31(3,4)28-6-2/h6,13-14,30H,2,5,7-12,15-29H2,1,3-4H3/q+1. The third-order valence-corrected chi connectivity index (χ3v) is 8.15. The summed E-state index contributed by atoms with van der Waals surface area (Å²) in [6.45, 7) is 7.87. The summed E-state index contributed by atoms with van der Waals surface area (Å²) in [5.74, 6) is 0. The maximum atomic E-state index is 11.6. The molecule has 0 spiro atoms. The molecule has 0 saturated carbocycles. The molecule has 0 aliphatic rings. The second-order valence-electron chi connectivity index (χ2n) is 11.0. The molecule has 0 aromatic rings. The van der Waals surface area contributed by atoms with Crippen molar-refractivity contribution >= 4 is 7.68 Å². The number of hydrogen-bond donors (Lipinski definition) is 0. The average Bonchev–Trinajstić information content (AvgIpc) is 2.79. The van der Waals surface area contributed by atoms with Gasteiger partial charge < -0.3 is 4.48 Å². The van der Waals surface area contributed by atoms with Crippen molar-refractivity contribution in [2.45, 2.75) is 141 Å². The van der Waals surface area contributed by atoms with Crippen LogP contribution in [0.4, 0.5) is 0 Å². The summed E-state index contributed by atoms with van der Waals surface area (Å²) in [5.41, 5.74) is -0.150. The lowest BCUT2D eigenvalue weighted by Crippen LogP contribution is -2.41. The third kappa shape index (κ3) is 23.1. The van der Waals surface area contributed by atoms with E-state index in [9.17, 15) is 9.13 Å². The number of hydrogen-bond acceptors (Lipinski definition) is 2. The summed E-state index contributed by atoms with van der Waals surface area (Å²) in [6.07, 6.45) is 32.2. The molecule has 4 heteroatoms. The Hall–Kier alpha value is -0.660. The van der Waals surface area contributed by atoms with Crippen LogP contribution in [0.3, 0.4) is 0 Å². The van der Waals surface area contributed by atoms with Gasteiger partial charge >= 0.3 is 7.68 Å². The van der Waals surface area contributed by atoms with Crippen molar-refractivity contribution in [3.8, 4) is 0 Å². The monoisotopic (exact) mass is 496 g/mol. The van der Waals surface area contributed by atoms with Gasteiger partial charge in [0.05, 0.1) is 32.8 Å². The molecule has 200 valence electrons. The Kier molecular flexibility index (Phi) is 23.6. The molecule has 3 nitrogen and oxygen atoms in total. The minimum atomic E-state index is -2.31. The van der Waals surface area contributed by atoms with Gasteiger partial charge in [-0.1, -0.05) is 116 Å². The minimum absolute atomic E-state index is 0.150. The topological polar surface area (TPSA) is 34.1 Å². The molecule has 0 saturated heterocycles. The summed E-state index contributed by atoms with van der Waals surface area (Å²) in [6, 6.07) is 0. The number of quaternary nitrogens is 1. The number of nitrogens with zero attached hydrogens (tertiary/aromatic N) is 1. The molecular weight excluding hydrogens is 437 g/mol. The van der Waals surface area contributed by atoms with Crippen LogP contribution in [0.1, 0.15) is 135 Å². The van der Waals surface area contributed by atoms with E-state index in [-0.39, 0.29) is 5.66 Å². The van der Waals surface area contributed by atoms with Crippen LogP contribution in [0.5, 0.6) is 0 Å². The van der Waals surface area contributed by atoms with E-state index in [0.717, 1.165) is 36.8 Å². The van der Waals surface area contributed by atoms with Crippen LogP contribution in [-0.2, 0) is 9.13 Å². The van der Waals surface area contributed by atoms with E-state index in [1.165, 1.54) is 109 Å². The summed E-state index contributed by atoms with van der Waals surface area (Å²) < 4.78 is 24.0. The van der Waals surface area contributed by atoms with Gasteiger partial charge in [0.1, 0.15) is 0 Å². The van der Waals surface area contributed by atoms with Crippen molar-refractivity contribution in [1.29, 1.82) is 0 Å². The molecule has 0 heterocycles. The summed E-state index contributed by atoms with van der Waals surface area (Å²) >= 11 is 0. The van der Waals surface area contributed by atoms with E-state index in [2.05, 4.69) is 39.8 Å². The largest absolute Gasteiger partial charge is 0.325 e. The van der Waals surface area contributed by atoms with E-state index in [0.29, 0.717) is 0 Å². The maximum Gasteiger partial charge on any atom is 0.319 e. The van der Waals surface area contributed by atoms with Crippen LogP contribution in [0.2, 0.25) is 0 Å². The lowest BCUT2D eigenvalue weighted by molar-refractivity contribution is -0.884. The van der Waals surface area contributed by atoms with Crippen molar-refractivity contribution in [2.24, 2.45) is 0 Å². The highest BCUT2D eigenvalue weighted by atomic mass is 31.1. The smallest absolute Gasteiger partial charge is 0.319 e. The van der Waals surface area contributed by atoms with Gasteiger partial charge in [-0.2, -0.15) is 0 Å². The Morgan fingerprint density at radius 1 is 0.676 bits per heavy atom. The molecule has 1 atom stereocenters. The van der Waals surface area contributed by atoms with Crippen molar-refractivity contribution in [3.63, 3.8) is 0 Å². The van der Waals surface area contributed by atoms with Gasteiger partial charge in [0.15, 0.2) is 0 Å². The number of likely N-dealkylation sites (N-methyl/N-ethyl adjacent to an activating group) is 1. The van der Waals surface area contributed by atoms with Gasteiger partial charge in [-0.05, 0) is 38.2 Å². The van der Waals surface area contributed by atoms with Gasteiger partial charge in [-0.3, -0.25) is 0 Å². The van der Waals surface area contributed by atoms with E-state index in [1.807, 2.05) is 6.08 Å². The molecule has 1 unspecified atom stereocenters. The van der Waals surface area contributed by atoms with E-state index in [1.54, 1.807) is 0 Å². The van der Waals surface area contributed by atoms with Gasteiger partial charge in [0.2, 0.25) is 0 Å². The first-order valence-electron chi connectivity index (χ1n) is 14.6. The molecule has 34 heavy (non-hydrogen) atoms. The van der Waals surface area contributed by atoms with E-state index < -0.39 is 7.68 Å². The Labute approximate surface area is 214 Å². The second kappa shape index (κ2) is 24.1. The van der Waals surface area contributed by atoms with Crippen molar-refractivity contribution in [1.82, 2.24) is 0 Å². The lowest BCUT2D eigenvalue weighted by Gasteiger charge is -2.29. The van der Waals surface area contributed by atoms with E-state index >= 15 is 0 Å². The third-order valence-electron chi connectivity index (χ3n) is 7.04. The van der Waals surface area contributed by atoms with Crippen molar-refractivity contribution in [2.75, 3.05) is 27.2 Å². The highest BCUT2D eigenvalue weighted by Crippen LogP contribution is 2.25. The second-order valence-corrected chi connectivity index (χ2v) is 12.3. The van der Waals surface area contributed by atoms with Crippen LogP contribution in [0.25, 0.3) is 0 Å². The predicted octanol–water partition coefficient (Wildman–Crippen LogP) is 10.2. The molecule has 0 N–H and O–H groups in total. The van der Waals surface area contributed by atoms with Gasteiger partial charge in [0, 0.05) is 6.42 Å². The van der Waals surface area contributed by atoms with Gasteiger partial charge in [-0.15, -0.1) is 0 Å². The van der Waals surface area contributed by atoms with Crippen LogP contribution in [0.15, 0.2) is 24.8 Å². The summed E-state index contributed by atoms with van der Waals surface area (Å²) in [4.78, 5) is 0. The average molecular weight is 497 g/mol. The quantitative estimate of drug-likeness (QED) is 0.0516. The SMILES string of the molecule is C=CC[N+](C)(C)CCC(CCCCCCCCCCCCC=CCCCCCCCC)P(=O)=O.